The molecule has 0 bridgehead atoms. The molecular weight excluding hydrogens is 246 g/mol. The molecule has 2 nitrogen and oxygen atoms in total. The molecule has 2 rings (SSSR count). The van der Waals surface area contributed by atoms with Gasteiger partial charge in [0.2, 0.25) is 0 Å². The lowest BCUT2D eigenvalue weighted by Gasteiger charge is -2.20. The van der Waals surface area contributed by atoms with Crippen LogP contribution in [0.15, 0.2) is 18.2 Å². The predicted octanol–water partition coefficient (Wildman–Crippen LogP) is 4.03. The van der Waals surface area contributed by atoms with Gasteiger partial charge in [-0.25, -0.2) is 0 Å². The average Bonchev–Trinajstić information content (AvgIpc) is 2.46. The van der Waals surface area contributed by atoms with Crippen LogP contribution in [0.4, 0.5) is 0 Å². The van der Waals surface area contributed by atoms with Gasteiger partial charge in [-0.15, -0.1) is 0 Å². The number of aryl methyl sites for hydroxylation is 2. The Balaban J connectivity index is 1.79. The molecule has 0 aromatic heterocycles. The lowest BCUT2D eigenvalue weighted by molar-refractivity contribution is 0.0768. The molecule has 0 heterocycles. The SMILES string of the molecule is CC(C)OCCCNC(C)c1ccc2c(c1)CCCC2. The molecule has 1 aromatic rings. The van der Waals surface area contributed by atoms with Gasteiger partial charge in [-0.3, -0.25) is 0 Å². The van der Waals surface area contributed by atoms with E-state index in [1.807, 2.05) is 0 Å². The van der Waals surface area contributed by atoms with E-state index in [2.05, 4.69) is 44.3 Å². The second kappa shape index (κ2) is 7.80. The molecule has 0 saturated carbocycles. The second-order valence-electron chi connectivity index (χ2n) is 6.18. The zero-order valence-electron chi connectivity index (χ0n) is 13.2. The Labute approximate surface area is 123 Å². The van der Waals surface area contributed by atoms with E-state index in [0.717, 1.165) is 19.6 Å². The summed E-state index contributed by atoms with van der Waals surface area (Å²) >= 11 is 0. The Morgan fingerprint density at radius 2 is 1.85 bits per heavy atom. The summed E-state index contributed by atoms with van der Waals surface area (Å²) in [7, 11) is 0. The van der Waals surface area contributed by atoms with Crippen LogP contribution < -0.4 is 5.32 Å². The van der Waals surface area contributed by atoms with Crippen molar-refractivity contribution in [2.45, 2.75) is 65.0 Å². The maximum absolute atomic E-state index is 5.56. The molecule has 20 heavy (non-hydrogen) atoms. The summed E-state index contributed by atoms with van der Waals surface area (Å²) in [4.78, 5) is 0. The van der Waals surface area contributed by atoms with Crippen molar-refractivity contribution in [3.05, 3.63) is 34.9 Å². The summed E-state index contributed by atoms with van der Waals surface area (Å²) in [5, 5.41) is 3.60. The molecule has 0 amide bonds. The Hall–Kier alpha value is -0.860. The molecule has 1 aliphatic carbocycles. The quantitative estimate of drug-likeness (QED) is 0.759. The largest absolute Gasteiger partial charge is 0.379 e. The fraction of sp³-hybridized carbons (Fsp3) is 0.667. The molecule has 1 aliphatic rings. The maximum atomic E-state index is 5.56. The van der Waals surface area contributed by atoms with Gasteiger partial charge in [0.1, 0.15) is 0 Å². The minimum absolute atomic E-state index is 0.341. The summed E-state index contributed by atoms with van der Waals surface area (Å²) < 4.78 is 5.56. The van der Waals surface area contributed by atoms with Crippen molar-refractivity contribution in [2.24, 2.45) is 0 Å². The Bertz CT molecular complexity index is 414. The van der Waals surface area contributed by atoms with Crippen molar-refractivity contribution in [3.63, 3.8) is 0 Å². The highest BCUT2D eigenvalue weighted by molar-refractivity contribution is 5.35. The van der Waals surface area contributed by atoms with Crippen molar-refractivity contribution in [2.75, 3.05) is 13.2 Å². The monoisotopic (exact) mass is 275 g/mol. The third-order valence-corrected chi connectivity index (χ3v) is 4.10. The van der Waals surface area contributed by atoms with Gasteiger partial charge in [-0.05, 0) is 76.1 Å². The van der Waals surface area contributed by atoms with Gasteiger partial charge in [-0.2, -0.15) is 0 Å². The smallest absolute Gasteiger partial charge is 0.0518 e. The highest BCUT2D eigenvalue weighted by atomic mass is 16.5. The Morgan fingerprint density at radius 1 is 1.10 bits per heavy atom. The van der Waals surface area contributed by atoms with Crippen LogP contribution in [0, 0.1) is 0 Å². The van der Waals surface area contributed by atoms with E-state index in [1.165, 1.54) is 31.2 Å². The lowest BCUT2D eigenvalue weighted by atomic mass is 9.89. The highest BCUT2D eigenvalue weighted by Gasteiger charge is 2.12. The summed E-state index contributed by atoms with van der Waals surface area (Å²) in [6.07, 6.45) is 6.66. The topological polar surface area (TPSA) is 21.3 Å². The minimum Gasteiger partial charge on any atom is -0.379 e. The van der Waals surface area contributed by atoms with Crippen LogP contribution >= 0.6 is 0 Å². The van der Waals surface area contributed by atoms with Gasteiger partial charge in [-0.1, -0.05) is 18.2 Å². The summed E-state index contributed by atoms with van der Waals surface area (Å²) in [5.41, 5.74) is 4.57. The standard InChI is InChI=1S/C18H29NO/c1-14(2)20-12-6-11-19-15(3)17-10-9-16-7-4-5-8-18(16)13-17/h9-10,13-15,19H,4-8,11-12H2,1-3H3. The number of ether oxygens (including phenoxy) is 1. The summed E-state index contributed by atoms with van der Waals surface area (Å²) in [5.74, 6) is 0. The van der Waals surface area contributed by atoms with Gasteiger partial charge in [0.15, 0.2) is 0 Å². The van der Waals surface area contributed by atoms with Crippen molar-refractivity contribution < 1.29 is 4.74 Å². The van der Waals surface area contributed by atoms with Gasteiger partial charge in [0.05, 0.1) is 6.10 Å². The van der Waals surface area contributed by atoms with E-state index in [4.69, 9.17) is 4.74 Å². The van der Waals surface area contributed by atoms with Crippen LogP contribution in [-0.4, -0.2) is 19.3 Å². The first-order valence-electron chi connectivity index (χ1n) is 8.13. The normalized spacial score (nSPS) is 16.2. The van der Waals surface area contributed by atoms with Crippen LogP contribution in [0.2, 0.25) is 0 Å². The molecule has 1 atom stereocenters. The maximum Gasteiger partial charge on any atom is 0.0518 e. The van der Waals surface area contributed by atoms with E-state index in [-0.39, 0.29) is 0 Å². The third kappa shape index (κ3) is 4.60. The number of nitrogens with one attached hydrogen (secondary N) is 1. The molecule has 0 aliphatic heterocycles. The van der Waals surface area contributed by atoms with Crippen LogP contribution in [0.25, 0.3) is 0 Å². The first kappa shape index (κ1) is 15.5. The summed E-state index contributed by atoms with van der Waals surface area (Å²) in [6, 6.07) is 7.48. The second-order valence-corrected chi connectivity index (χ2v) is 6.18. The van der Waals surface area contributed by atoms with Crippen LogP contribution in [0.1, 0.15) is 62.8 Å². The number of rotatable bonds is 7. The van der Waals surface area contributed by atoms with Crippen LogP contribution in [0.3, 0.4) is 0 Å². The number of fused-ring (bicyclic) bond motifs is 1. The highest BCUT2D eigenvalue weighted by Crippen LogP contribution is 2.24. The molecule has 2 heteroatoms. The fourth-order valence-corrected chi connectivity index (χ4v) is 2.85. The summed E-state index contributed by atoms with van der Waals surface area (Å²) in [6.45, 7) is 8.30. The number of hydrogen-bond donors (Lipinski definition) is 1. The predicted molar refractivity (Wildman–Crippen MR) is 85.2 cm³/mol. The molecule has 0 fully saturated rings. The van der Waals surface area contributed by atoms with Gasteiger partial charge >= 0.3 is 0 Å². The molecule has 0 spiro atoms. The van der Waals surface area contributed by atoms with Crippen molar-refractivity contribution in [3.8, 4) is 0 Å². The average molecular weight is 275 g/mol. The zero-order chi connectivity index (χ0) is 14.4. The molecule has 0 radical (unpaired) electrons. The van der Waals surface area contributed by atoms with E-state index in [1.54, 1.807) is 11.1 Å². The third-order valence-electron chi connectivity index (χ3n) is 4.10. The van der Waals surface area contributed by atoms with Gasteiger partial charge in [0, 0.05) is 12.6 Å². The molecule has 1 unspecified atom stereocenters. The first-order chi connectivity index (χ1) is 9.66. The molecule has 1 N–H and O–H groups in total. The van der Waals surface area contributed by atoms with E-state index >= 15 is 0 Å². The molecule has 112 valence electrons. The molecular formula is C18H29NO. The van der Waals surface area contributed by atoms with Crippen LogP contribution in [0.5, 0.6) is 0 Å². The van der Waals surface area contributed by atoms with Gasteiger partial charge in [0.25, 0.3) is 0 Å². The van der Waals surface area contributed by atoms with Crippen LogP contribution in [-0.2, 0) is 17.6 Å². The van der Waals surface area contributed by atoms with E-state index < -0.39 is 0 Å². The Morgan fingerprint density at radius 3 is 2.60 bits per heavy atom. The zero-order valence-corrected chi connectivity index (χ0v) is 13.2. The molecule has 1 aromatic carbocycles. The Kier molecular flexibility index (Phi) is 6.06. The van der Waals surface area contributed by atoms with Crippen molar-refractivity contribution >= 4 is 0 Å². The van der Waals surface area contributed by atoms with E-state index in [0.29, 0.717) is 12.1 Å². The lowest BCUT2D eigenvalue weighted by Crippen LogP contribution is -2.22. The molecule has 0 saturated heterocycles. The fourth-order valence-electron chi connectivity index (χ4n) is 2.85. The number of hydrogen-bond acceptors (Lipinski definition) is 2. The van der Waals surface area contributed by atoms with Crippen molar-refractivity contribution in [1.29, 1.82) is 0 Å². The van der Waals surface area contributed by atoms with Gasteiger partial charge < -0.3 is 10.1 Å². The minimum atomic E-state index is 0.341. The number of benzene rings is 1. The van der Waals surface area contributed by atoms with Crippen molar-refractivity contribution in [1.82, 2.24) is 5.32 Å². The first-order valence-corrected chi connectivity index (χ1v) is 8.13. The van der Waals surface area contributed by atoms with E-state index in [9.17, 15) is 0 Å².